The van der Waals surface area contributed by atoms with Gasteiger partial charge < -0.3 is 15.4 Å². The SMILES string of the molecule is CCOc1ccc(/C=C(\NC(=O)c2ccccc2)C(=O)NC)c2ccccc12. The smallest absolute Gasteiger partial charge is 0.267 e. The lowest BCUT2D eigenvalue weighted by Crippen LogP contribution is -2.33. The summed E-state index contributed by atoms with van der Waals surface area (Å²) >= 11 is 0. The summed E-state index contributed by atoms with van der Waals surface area (Å²) in [6.07, 6.45) is 1.68. The van der Waals surface area contributed by atoms with Crippen LogP contribution < -0.4 is 15.4 Å². The first-order chi connectivity index (χ1) is 13.6. The summed E-state index contributed by atoms with van der Waals surface area (Å²) in [6, 6.07) is 20.3. The van der Waals surface area contributed by atoms with Crippen LogP contribution in [0.3, 0.4) is 0 Å². The molecular formula is C23H22N2O3. The fourth-order valence-corrected chi connectivity index (χ4v) is 2.93. The molecule has 0 bridgehead atoms. The molecule has 0 heterocycles. The zero-order chi connectivity index (χ0) is 19.9. The van der Waals surface area contributed by atoms with Gasteiger partial charge in [-0.15, -0.1) is 0 Å². The minimum Gasteiger partial charge on any atom is -0.493 e. The van der Waals surface area contributed by atoms with Crippen molar-refractivity contribution in [1.82, 2.24) is 10.6 Å². The number of benzene rings is 3. The van der Waals surface area contributed by atoms with Crippen molar-refractivity contribution in [3.8, 4) is 5.75 Å². The summed E-state index contributed by atoms with van der Waals surface area (Å²) in [5, 5.41) is 7.17. The molecule has 0 fully saturated rings. The maximum Gasteiger partial charge on any atom is 0.267 e. The molecule has 5 heteroatoms. The van der Waals surface area contributed by atoms with Gasteiger partial charge in [-0.1, -0.05) is 48.5 Å². The molecule has 0 aliphatic rings. The third kappa shape index (κ3) is 4.20. The van der Waals surface area contributed by atoms with Crippen LogP contribution in [0.15, 0.2) is 72.4 Å². The predicted molar refractivity (Wildman–Crippen MR) is 111 cm³/mol. The van der Waals surface area contributed by atoms with Gasteiger partial charge in [-0.25, -0.2) is 0 Å². The van der Waals surface area contributed by atoms with Gasteiger partial charge in [0.15, 0.2) is 0 Å². The number of likely N-dealkylation sites (N-methyl/N-ethyl adjacent to an activating group) is 1. The van der Waals surface area contributed by atoms with E-state index in [9.17, 15) is 9.59 Å². The molecule has 0 atom stereocenters. The van der Waals surface area contributed by atoms with Crippen LogP contribution in [0.4, 0.5) is 0 Å². The monoisotopic (exact) mass is 374 g/mol. The summed E-state index contributed by atoms with van der Waals surface area (Å²) in [5.74, 6) is 0.0676. The molecule has 3 aromatic carbocycles. The van der Waals surface area contributed by atoms with E-state index in [4.69, 9.17) is 4.74 Å². The first-order valence-corrected chi connectivity index (χ1v) is 9.08. The van der Waals surface area contributed by atoms with Gasteiger partial charge in [-0.2, -0.15) is 0 Å². The standard InChI is InChI=1S/C23H22N2O3/c1-3-28-21-14-13-17(18-11-7-8-12-19(18)21)15-20(23(27)24-2)25-22(26)16-9-5-4-6-10-16/h4-15H,3H2,1-2H3,(H,24,27)(H,25,26)/b20-15-. The normalized spacial score (nSPS) is 11.1. The van der Waals surface area contributed by atoms with Crippen LogP contribution in [-0.4, -0.2) is 25.5 Å². The highest BCUT2D eigenvalue weighted by atomic mass is 16.5. The summed E-state index contributed by atoms with van der Waals surface area (Å²) in [4.78, 5) is 24.9. The number of carbonyl (C=O) groups excluding carboxylic acids is 2. The molecule has 0 spiro atoms. The Kier molecular flexibility index (Phi) is 6.07. The van der Waals surface area contributed by atoms with Crippen LogP contribution in [-0.2, 0) is 4.79 Å². The van der Waals surface area contributed by atoms with E-state index in [1.807, 2.05) is 49.4 Å². The molecule has 3 aromatic rings. The molecule has 0 unspecified atom stereocenters. The van der Waals surface area contributed by atoms with Crippen molar-refractivity contribution >= 4 is 28.7 Å². The molecule has 28 heavy (non-hydrogen) atoms. The Bertz CT molecular complexity index is 1030. The Morgan fingerprint density at radius 2 is 1.61 bits per heavy atom. The minimum absolute atomic E-state index is 0.172. The lowest BCUT2D eigenvalue weighted by Gasteiger charge is -2.12. The van der Waals surface area contributed by atoms with Crippen LogP contribution in [0, 0.1) is 0 Å². The van der Waals surface area contributed by atoms with E-state index in [0.29, 0.717) is 12.2 Å². The van der Waals surface area contributed by atoms with Gasteiger partial charge in [-0.3, -0.25) is 9.59 Å². The highest BCUT2D eigenvalue weighted by Gasteiger charge is 2.14. The van der Waals surface area contributed by atoms with E-state index in [0.717, 1.165) is 22.1 Å². The van der Waals surface area contributed by atoms with Gasteiger partial charge in [0.25, 0.3) is 11.8 Å². The number of amides is 2. The van der Waals surface area contributed by atoms with Gasteiger partial charge in [0, 0.05) is 18.0 Å². The van der Waals surface area contributed by atoms with Crippen molar-refractivity contribution in [3.63, 3.8) is 0 Å². The highest BCUT2D eigenvalue weighted by Crippen LogP contribution is 2.29. The first-order valence-electron chi connectivity index (χ1n) is 9.08. The van der Waals surface area contributed by atoms with Crippen molar-refractivity contribution in [2.45, 2.75) is 6.92 Å². The van der Waals surface area contributed by atoms with Crippen LogP contribution >= 0.6 is 0 Å². The quantitative estimate of drug-likeness (QED) is 0.646. The molecule has 5 nitrogen and oxygen atoms in total. The van der Waals surface area contributed by atoms with Crippen molar-refractivity contribution < 1.29 is 14.3 Å². The van der Waals surface area contributed by atoms with E-state index in [1.54, 1.807) is 30.3 Å². The van der Waals surface area contributed by atoms with E-state index in [1.165, 1.54) is 7.05 Å². The number of rotatable bonds is 6. The molecule has 0 aliphatic heterocycles. The van der Waals surface area contributed by atoms with Crippen LogP contribution in [0.25, 0.3) is 16.8 Å². The molecular weight excluding hydrogens is 352 g/mol. The number of fused-ring (bicyclic) bond motifs is 1. The van der Waals surface area contributed by atoms with Crippen LogP contribution in [0.1, 0.15) is 22.8 Å². The fourth-order valence-electron chi connectivity index (χ4n) is 2.93. The third-order valence-electron chi connectivity index (χ3n) is 4.27. The summed E-state index contributed by atoms with van der Waals surface area (Å²) in [5.41, 5.74) is 1.46. The lowest BCUT2D eigenvalue weighted by molar-refractivity contribution is -0.117. The van der Waals surface area contributed by atoms with Gasteiger partial charge in [0.05, 0.1) is 6.61 Å². The minimum atomic E-state index is -0.373. The Morgan fingerprint density at radius 3 is 2.29 bits per heavy atom. The summed E-state index contributed by atoms with van der Waals surface area (Å²) in [6.45, 7) is 2.50. The number of hydrogen-bond donors (Lipinski definition) is 2. The molecule has 0 radical (unpaired) electrons. The van der Waals surface area contributed by atoms with Crippen LogP contribution in [0.2, 0.25) is 0 Å². The summed E-state index contributed by atoms with van der Waals surface area (Å²) < 4.78 is 5.70. The second kappa shape index (κ2) is 8.86. The number of hydrogen-bond acceptors (Lipinski definition) is 3. The molecule has 2 amide bonds. The maximum absolute atomic E-state index is 12.5. The van der Waals surface area contributed by atoms with Crippen molar-refractivity contribution in [3.05, 3.63) is 83.6 Å². The van der Waals surface area contributed by atoms with Crippen LogP contribution in [0.5, 0.6) is 5.75 Å². The molecule has 0 saturated heterocycles. The Balaban J connectivity index is 2.03. The Morgan fingerprint density at radius 1 is 0.929 bits per heavy atom. The van der Waals surface area contributed by atoms with E-state index >= 15 is 0 Å². The highest BCUT2D eigenvalue weighted by molar-refractivity contribution is 6.07. The predicted octanol–water partition coefficient (Wildman–Crippen LogP) is 3.76. The maximum atomic E-state index is 12.5. The zero-order valence-corrected chi connectivity index (χ0v) is 15.9. The lowest BCUT2D eigenvalue weighted by atomic mass is 10.0. The number of ether oxygens (including phenoxy) is 1. The molecule has 3 rings (SSSR count). The molecule has 0 aliphatic carbocycles. The van der Waals surface area contributed by atoms with E-state index in [-0.39, 0.29) is 17.5 Å². The topological polar surface area (TPSA) is 67.4 Å². The first kappa shape index (κ1) is 19.2. The second-order valence-corrected chi connectivity index (χ2v) is 6.09. The van der Waals surface area contributed by atoms with E-state index in [2.05, 4.69) is 10.6 Å². The van der Waals surface area contributed by atoms with Gasteiger partial charge in [0.1, 0.15) is 11.4 Å². The molecule has 142 valence electrons. The largest absolute Gasteiger partial charge is 0.493 e. The second-order valence-electron chi connectivity index (χ2n) is 6.09. The molecule has 0 saturated carbocycles. The van der Waals surface area contributed by atoms with Gasteiger partial charge in [-0.05, 0) is 42.1 Å². The summed E-state index contributed by atoms with van der Waals surface area (Å²) in [7, 11) is 1.53. The van der Waals surface area contributed by atoms with Crippen molar-refractivity contribution in [2.75, 3.05) is 13.7 Å². The average Bonchev–Trinajstić information content (AvgIpc) is 2.75. The number of nitrogens with one attached hydrogen (secondary N) is 2. The Hall–Kier alpha value is -3.60. The Labute approximate surface area is 164 Å². The zero-order valence-electron chi connectivity index (χ0n) is 15.9. The molecule has 2 N–H and O–H groups in total. The fraction of sp³-hybridized carbons (Fsp3) is 0.130. The molecule has 0 aromatic heterocycles. The van der Waals surface area contributed by atoms with Gasteiger partial charge >= 0.3 is 0 Å². The third-order valence-corrected chi connectivity index (χ3v) is 4.27. The van der Waals surface area contributed by atoms with E-state index < -0.39 is 0 Å². The van der Waals surface area contributed by atoms with Gasteiger partial charge in [0.2, 0.25) is 0 Å². The number of carbonyl (C=O) groups is 2. The van der Waals surface area contributed by atoms with Crippen molar-refractivity contribution in [2.24, 2.45) is 0 Å². The van der Waals surface area contributed by atoms with Crippen molar-refractivity contribution in [1.29, 1.82) is 0 Å². The average molecular weight is 374 g/mol.